The Morgan fingerprint density at radius 1 is 1.55 bits per heavy atom. The Morgan fingerprint density at radius 3 is 2.91 bits per heavy atom. The fourth-order valence-corrected chi connectivity index (χ4v) is 0.740. The SMILES string of the molecule is CCOCc1c[c-]ccc1.[Y]. The summed E-state index contributed by atoms with van der Waals surface area (Å²) in [6, 6.07) is 10.8. The van der Waals surface area contributed by atoms with Crippen LogP contribution in [0.5, 0.6) is 0 Å². The van der Waals surface area contributed by atoms with E-state index >= 15 is 0 Å². The second-order valence-corrected chi connectivity index (χ2v) is 2.05. The van der Waals surface area contributed by atoms with Gasteiger partial charge in [-0.15, -0.1) is 5.56 Å². The van der Waals surface area contributed by atoms with E-state index in [4.69, 9.17) is 4.74 Å². The molecule has 0 bridgehead atoms. The summed E-state index contributed by atoms with van der Waals surface area (Å²) < 4.78 is 5.20. The molecule has 1 aromatic carbocycles. The van der Waals surface area contributed by atoms with Crippen molar-refractivity contribution in [1.29, 1.82) is 0 Å². The van der Waals surface area contributed by atoms with Crippen LogP contribution in [0.2, 0.25) is 0 Å². The Labute approximate surface area is 93.0 Å². The van der Waals surface area contributed by atoms with Crippen molar-refractivity contribution in [3.8, 4) is 0 Å². The average Bonchev–Trinajstić information content (AvgIpc) is 2.03. The third-order valence-electron chi connectivity index (χ3n) is 1.24. The van der Waals surface area contributed by atoms with Crippen molar-refractivity contribution in [3.63, 3.8) is 0 Å². The Kier molecular flexibility index (Phi) is 7.14. The van der Waals surface area contributed by atoms with Gasteiger partial charge in [-0.1, -0.05) is 0 Å². The molecule has 11 heavy (non-hydrogen) atoms. The first-order chi connectivity index (χ1) is 4.93. The third-order valence-corrected chi connectivity index (χ3v) is 1.24. The van der Waals surface area contributed by atoms with Crippen LogP contribution in [0.25, 0.3) is 0 Å². The molecule has 0 aromatic heterocycles. The fraction of sp³-hybridized carbons (Fsp3) is 0.333. The van der Waals surface area contributed by atoms with E-state index in [1.807, 2.05) is 31.2 Å². The van der Waals surface area contributed by atoms with E-state index in [-0.39, 0.29) is 32.7 Å². The smallest absolute Gasteiger partial charge is 0.0428 e. The Bertz CT molecular complexity index is 174. The largest absolute Gasteiger partial charge is 0.389 e. The molecule has 0 heterocycles. The van der Waals surface area contributed by atoms with Crippen molar-refractivity contribution in [3.05, 3.63) is 35.9 Å². The maximum absolute atomic E-state index is 5.20. The maximum atomic E-state index is 5.20. The van der Waals surface area contributed by atoms with Gasteiger partial charge in [0.25, 0.3) is 0 Å². The van der Waals surface area contributed by atoms with E-state index in [1.165, 1.54) is 5.56 Å². The van der Waals surface area contributed by atoms with Crippen LogP contribution in [-0.2, 0) is 44.1 Å². The number of ether oxygens (including phenoxy) is 1. The number of hydrogen-bond donors (Lipinski definition) is 0. The van der Waals surface area contributed by atoms with Gasteiger partial charge in [0.05, 0.1) is 0 Å². The van der Waals surface area contributed by atoms with Gasteiger partial charge in [0, 0.05) is 45.9 Å². The molecule has 1 nitrogen and oxygen atoms in total. The molecular weight excluding hydrogens is 213 g/mol. The molecule has 0 aliphatic carbocycles. The summed E-state index contributed by atoms with van der Waals surface area (Å²) >= 11 is 0. The molecule has 0 saturated carbocycles. The molecule has 2 heteroatoms. The van der Waals surface area contributed by atoms with Gasteiger partial charge in [-0.2, -0.15) is 30.3 Å². The second-order valence-electron chi connectivity index (χ2n) is 2.05. The zero-order chi connectivity index (χ0) is 7.23. The second kappa shape index (κ2) is 6.96. The first-order valence-electron chi connectivity index (χ1n) is 3.46. The van der Waals surface area contributed by atoms with Gasteiger partial charge in [0.2, 0.25) is 0 Å². The molecular formula is C9H11OY-. The van der Waals surface area contributed by atoms with Crippen LogP contribution < -0.4 is 0 Å². The Hall–Kier alpha value is 0.284. The molecule has 0 unspecified atom stereocenters. The summed E-state index contributed by atoms with van der Waals surface area (Å²) in [5.41, 5.74) is 1.18. The molecule has 0 spiro atoms. The molecule has 57 valence electrons. The molecule has 0 amide bonds. The van der Waals surface area contributed by atoms with Crippen LogP contribution in [0.15, 0.2) is 24.3 Å². The van der Waals surface area contributed by atoms with Gasteiger partial charge in [-0.25, -0.2) is 0 Å². The summed E-state index contributed by atoms with van der Waals surface area (Å²) in [6.45, 7) is 3.47. The van der Waals surface area contributed by atoms with Crippen molar-refractivity contribution in [1.82, 2.24) is 0 Å². The van der Waals surface area contributed by atoms with E-state index < -0.39 is 0 Å². The van der Waals surface area contributed by atoms with E-state index in [9.17, 15) is 0 Å². The molecule has 0 aliphatic rings. The molecule has 0 atom stereocenters. The average molecular weight is 224 g/mol. The van der Waals surface area contributed by atoms with E-state index in [0.717, 1.165) is 6.61 Å². The van der Waals surface area contributed by atoms with Crippen molar-refractivity contribution in [2.24, 2.45) is 0 Å². The molecule has 0 fully saturated rings. The van der Waals surface area contributed by atoms with Gasteiger partial charge in [-0.3, -0.25) is 0 Å². The third kappa shape index (κ3) is 4.68. The first-order valence-corrected chi connectivity index (χ1v) is 3.46. The van der Waals surface area contributed by atoms with E-state index in [1.54, 1.807) is 0 Å². The van der Waals surface area contributed by atoms with Crippen molar-refractivity contribution >= 4 is 0 Å². The number of hydrogen-bond acceptors (Lipinski definition) is 1. The van der Waals surface area contributed by atoms with Crippen molar-refractivity contribution in [2.75, 3.05) is 6.61 Å². The molecule has 0 N–H and O–H groups in total. The van der Waals surface area contributed by atoms with Gasteiger partial charge >= 0.3 is 0 Å². The fourth-order valence-electron chi connectivity index (χ4n) is 0.740. The van der Waals surface area contributed by atoms with Gasteiger partial charge in [0.1, 0.15) is 0 Å². The predicted octanol–water partition coefficient (Wildman–Crippen LogP) is 2.02. The van der Waals surface area contributed by atoms with Crippen molar-refractivity contribution < 1.29 is 37.4 Å². The minimum atomic E-state index is 0. The quantitative estimate of drug-likeness (QED) is 0.713. The number of rotatable bonds is 3. The van der Waals surface area contributed by atoms with Gasteiger partial charge < -0.3 is 4.74 Å². The van der Waals surface area contributed by atoms with Crippen LogP contribution in [0, 0.1) is 6.07 Å². The maximum Gasteiger partial charge on any atom is 0.0428 e. The van der Waals surface area contributed by atoms with Gasteiger partial charge in [-0.05, 0) is 6.92 Å². The molecule has 1 radical (unpaired) electrons. The first kappa shape index (κ1) is 11.3. The predicted molar refractivity (Wildman–Crippen MR) is 40.6 cm³/mol. The molecule has 1 aromatic rings. The normalized spacial score (nSPS) is 8.82. The number of benzene rings is 1. The van der Waals surface area contributed by atoms with E-state index in [0.29, 0.717) is 6.61 Å². The van der Waals surface area contributed by atoms with E-state index in [2.05, 4.69) is 6.07 Å². The van der Waals surface area contributed by atoms with Crippen LogP contribution in [0.3, 0.4) is 0 Å². The summed E-state index contributed by atoms with van der Waals surface area (Å²) in [4.78, 5) is 0. The van der Waals surface area contributed by atoms with Crippen molar-refractivity contribution in [2.45, 2.75) is 13.5 Å². The van der Waals surface area contributed by atoms with Crippen LogP contribution in [0.1, 0.15) is 12.5 Å². The zero-order valence-corrected chi connectivity index (χ0v) is 9.55. The zero-order valence-electron chi connectivity index (χ0n) is 6.71. The van der Waals surface area contributed by atoms with Crippen LogP contribution in [0.4, 0.5) is 0 Å². The van der Waals surface area contributed by atoms with Crippen LogP contribution in [-0.4, -0.2) is 6.61 Å². The molecule has 0 aliphatic heterocycles. The summed E-state index contributed by atoms with van der Waals surface area (Å²) in [7, 11) is 0. The Balaban J connectivity index is 0.000001000. The molecule has 1 rings (SSSR count). The Morgan fingerprint density at radius 2 is 2.36 bits per heavy atom. The molecule has 0 saturated heterocycles. The minimum absolute atomic E-state index is 0. The summed E-state index contributed by atoms with van der Waals surface area (Å²) in [6.07, 6.45) is 0. The summed E-state index contributed by atoms with van der Waals surface area (Å²) in [5, 5.41) is 0. The van der Waals surface area contributed by atoms with Gasteiger partial charge in [0.15, 0.2) is 0 Å². The topological polar surface area (TPSA) is 9.23 Å². The standard InChI is InChI=1S/C9H11O.Y/c1-2-10-8-9-6-4-3-5-7-9;/h3-4,6-7H,2,8H2,1H3;/q-1;. The minimum Gasteiger partial charge on any atom is -0.389 e. The summed E-state index contributed by atoms with van der Waals surface area (Å²) in [5.74, 6) is 0. The van der Waals surface area contributed by atoms with Crippen LogP contribution >= 0.6 is 0 Å². The monoisotopic (exact) mass is 224 g/mol.